The van der Waals surface area contributed by atoms with Gasteiger partial charge in [0, 0.05) is 0 Å². The fourth-order valence-electron chi connectivity index (χ4n) is 2.09. The van der Waals surface area contributed by atoms with E-state index in [4.69, 9.17) is 4.74 Å². The first-order valence-corrected chi connectivity index (χ1v) is 6.43. The Balaban J connectivity index is 2.14. The third-order valence-corrected chi connectivity index (χ3v) is 3.23. The summed E-state index contributed by atoms with van der Waals surface area (Å²) in [5.41, 5.74) is 2.15. The van der Waals surface area contributed by atoms with E-state index in [2.05, 4.69) is 5.32 Å². The molecule has 106 valence electrons. The molecular weight excluding hydrogens is 260 g/mol. The molecule has 0 aliphatic rings. The first-order chi connectivity index (χ1) is 9.63. The van der Waals surface area contributed by atoms with E-state index in [9.17, 15) is 8.78 Å². The van der Waals surface area contributed by atoms with Crippen LogP contribution in [0.2, 0.25) is 0 Å². The molecule has 0 saturated carbocycles. The molecular formula is C16H17F2NO. The molecule has 0 fully saturated rings. The Bertz CT molecular complexity index is 566. The maximum absolute atomic E-state index is 13.5. The average molecular weight is 277 g/mol. The SMILES string of the molecule is CNC(COc1c(F)cccc1F)c1ccccc1C. The van der Waals surface area contributed by atoms with Crippen molar-refractivity contribution in [3.63, 3.8) is 0 Å². The Labute approximate surface area is 117 Å². The maximum atomic E-state index is 13.5. The highest BCUT2D eigenvalue weighted by Crippen LogP contribution is 2.23. The van der Waals surface area contributed by atoms with Crippen LogP contribution in [-0.2, 0) is 0 Å². The number of hydrogen-bond acceptors (Lipinski definition) is 2. The fourth-order valence-corrected chi connectivity index (χ4v) is 2.09. The van der Waals surface area contributed by atoms with Crippen molar-refractivity contribution in [2.75, 3.05) is 13.7 Å². The van der Waals surface area contributed by atoms with Crippen molar-refractivity contribution < 1.29 is 13.5 Å². The summed E-state index contributed by atoms with van der Waals surface area (Å²) < 4.78 is 32.3. The van der Waals surface area contributed by atoms with Crippen molar-refractivity contribution in [2.24, 2.45) is 0 Å². The number of para-hydroxylation sites is 1. The topological polar surface area (TPSA) is 21.3 Å². The Morgan fingerprint density at radius 2 is 1.70 bits per heavy atom. The lowest BCUT2D eigenvalue weighted by Crippen LogP contribution is -2.24. The van der Waals surface area contributed by atoms with E-state index in [1.165, 1.54) is 18.2 Å². The summed E-state index contributed by atoms with van der Waals surface area (Å²) in [6, 6.07) is 11.4. The average Bonchev–Trinajstić information content (AvgIpc) is 2.44. The molecule has 2 rings (SSSR count). The molecule has 2 aromatic rings. The van der Waals surface area contributed by atoms with Gasteiger partial charge in [-0.3, -0.25) is 0 Å². The lowest BCUT2D eigenvalue weighted by atomic mass is 10.0. The van der Waals surface area contributed by atoms with Gasteiger partial charge in [0.2, 0.25) is 0 Å². The molecule has 1 unspecified atom stereocenters. The van der Waals surface area contributed by atoms with Crippen molar-refractivity contribution in [3.8, 4) is 5.75 Å². The summed E-state index contributed by atoms with van der Waals surface area (Å²) in [6.45, 7) is 2.14. The fraction of sp³-hybridized carbons (Fsp3) is 0.250. The first-order valence-electron chi connectivity index (χ1n) is 6.43. The van der Waals surface area contributed by atoms with Crippen molar-refractivity contribution in [1.82, 2.24) is 5.32 Å². The number of halogens is 2. The van der Waals surface area contributed by atoms with Gasteiger partial charge in [0.25, 0.3) is 0 Å². The molecule has 0 aromatic heterocycles. The van der Waals surface area contributed by atoms with E-state index in [1.807, 2.05) is 31.2 Å². The first kappa shape index (κ1) is 14.5. The predicted octanol–water partition coefficient (Wildman–Crippen LogP) is 3.61. The van der Waals surface area contributed by atoms with Gasteiger partial charge in [-0.15, -0.1) is 0 Å². The minimum Gasteiger partial charge on any atom is -0.486 e. The van der Waals surface area contributed by atoms with Crippen LogP contribution in [0.3, 0.4) is 0 Å². The summed E-state index contributed by atoms with van der Waals surface area (Å²) in [7, 11) is 1.79. The second-order valence-corrected chi connectivity index (χ2v) is 4.56. The number of ether oxygens (including phenoxy) is 1. The molecule has 20 heavy (non-hydrogen) atoms. The molecule has 4 heteroatoms. The van der Waals surface area contributed by atoms with Gasteiger partial charge in [0.05, 0.1) is 6.04 Å². The second-order valence-electron chi connectivity index (χ2n) is 4.56. The number of aryl methyl sites for hydroxylation is 1. The summed E-state index contributed by atoms with van der Waals surface area (Å²) in [5, 5.41) is 3.10. The van der Waals surface area contributed by atoms with Crippen molar-refractivity contribution in [3.05, 3.63) is 65.2 Å². The van der Waals surface area contributed by atoms with Crippen LogP contribution in [-0.4, -0.2) is 13.7 Å². The van der Waals surface area contributed by atoms with E-state index in [0.29, 0.717) is 0 Å². The molecule has 0 amide bonds. The summed E-state index contributed by atoms with van der Waals surface area (Å²) in [5.74, 6) is -1.71. The normalized spacial score (nSPS) is 12.2. The molecule has 0 bridgehead atoms. The quantitative estimate of drug-likeness (QED) is 0.901. The highest BCUT2D eigenvalue weighted by atomic mass is 19.1. The smallest absolute Gasteiger partial charge is 0.190 e. The van der Waals surface area contributed by atoms with Crippen LogP contribution >= 0.6 is 0 Å². The third kappa shape index (κ3) is 3.14. The van der Waals surface area contributed by atoms with E-state index < -0.39 is 11.6 Å². The van der Waals surface area contributed by atoms with Crippen molar-refractivity contribution in [2.45, 2.75) is 13.0 Å². The zero-order valence-electron chi connectivity index (χ0n) is 11.5. The molecule has 0 aliphatic carbocycles. The minimum absolute atomic E-state index is 0.129. The zero-order chi connectivity index (χ0) is 14.5. The number of rotatable bonds is 5. The molecule has 0 aliphatic heterocycles. The molecule has 1 N–H and O–H groups in total. The van der Waals surface area contributed by atoms with Gasteiger partial charge in [-0.1, -0.05) is 30.3 Å². The van der Waals surface area contributed by atoms with Crippen molar-refractivity contribution in [1.29, 1.82) is 0 Å². The van der Waals surface area contributed by atoms with Crippen LogP contribution in [0.15, 0.2) is 42.5 Å². The molecule has 0 saturated heterocycles. The van der Waals surface area contributed by atoms with Gasteiger partial charge in [0.1, 0.15) is 6.61 Å². The molecule has 0 heterocycles. The lowest BCUT2D eigenvalue weighted by molar-refractivity contribution is 0.249. The van der Waals surface area contributed by atoms with Crippen LogP contribution in [0.1, 0.15) is 17.2 Å². The van der Waals surface area contributed by atoms with Gasteiger partial charge in [0.15, 0.2) is 17.4 Å². The van der Waals surface area contributed by atoms with Crippen LogP contribution in [0.5, 0.6) is 5.75 Å². The van der Waals surface area contributed by atoms with E-state index in [-0.39, 0.29) is 18.4 Å². The van der Waals surface area contributed by atoms with Crippen LogP contribution in [0, 0.1) is 18.6 Å². The number of benzene rings is 2. The largest absolute Gasteiger partial charge is 0.486 e. The number of likely N-dealkylation sites (N-methyl/N-ethyl adjacent to an activating group) is 1. The van der Waals surface area contributed by atoms with Crippen molar-refractivity contribution >= 4 is 0 Å². The van der Waals surface area contributed by atoms with Gasteiger partial charge in [-0.2, -0.15) is 0 Å². The minimum atomic E-state index is -0.690. The summed E-state index contributed by atoms with van der Waals surface area (Å²) in [4.78, 5) is 0. The second kappa shape index (κ2) is 6.48. The molecule has 2 nitrogen and oxygen atoms in total. The zero-order valence-corrected chi connectivity index (χ0v) is 11.5. The van der Waals surface area contributed by atoms with Gasteiger partial charge < -0.3 is 10.1 Å². The van der Waals surface area contributed by atoms with Crippen LogP contribution < -0.4 is 10.1 Å². The molecule has 0 radical (unpaired) electrons. The maximum Gasteiger partial charge on any atom is 0.190 e. The van der Waals surface area contributed by atoms with Crippen LogP contribution in [0.4, 0.5) is 8.78 Å². The van der Waals surface area contributed by atoms with Crippen LogP contribution in [0.25, 0.3) is 0 Å². The lowest BCUT2D eigenvalue weighted by Gasteiger charge is -2.19. The van der Waals surface area contributed by atoms with Gasteiger partial charge in [-0.25, -0.2) is 8.78 Å². The Kier molecular flexibility index (Phi) is 4.69. The number of nitrogens with one attached hydrogen (secondary N) is 1. The highest BCUT2D eigenvalue weighted by molar-refractivity contribution is 5.30. The van der Waals surface area contributed by atoms with E-state index in [1.54, 1.807) is 7.05 Å². The molecule has 2 aromatic carbocycles. The standard InChI is InChI=1S/C16H17F2NO/c1-11-6-3-4-7-12(11)15(19-2)10-20-16-13(17)8-5-9-14(16)18/h3-9,15,19H,10H2,1-2H3. The third-order valence-electron chi connectivity index (χ3n) is 3.23. The monoisotopic (exact) mass is 277 g/mol. The molecule has 1 atom stereocenters. The number of hydrogen-bond donors (Lipinski definition) is 1. The Hall–Kier alpha value is -1.94. The summed E-state index contributed by atoms with van der Waals surface area (Å²) in [6.07, 6.45) is 0. The van der Waals surface area contributed by atoms with E-state index >= 15 is 0 Å². The predicted molar refractivity (Wildman–Crippen MR) is 74.8 cm³/mol. The van der Waals surface area contributed by atoms with E-state index in [0.717, 1.165) is 11.1 Å². The van der Waals surface area contributed by atoms with Gasteiger partial charge in [-0.05, 0) is 37.2 Å². The highest BCUT2D eigenvalue weighted by Gasteiger charge is 2.15. The Morgan fingerprint density at radius 3 is 2.30 bits per heavy atom. The Morgan fingerprint density at radius 1 is 1.05 bits per heavy atom. The van der Waals surface area contributed by atoms with Gasteiger partial charge >= 0.3 is 0 Å². The molecule has 0 spiro atoms. The summed E-state index contributed by atoms with van der Waals surface area (Å²) >= 11 is 0.